The van der Waals surface area contributed by atoms with Crippen LogP contribution in [0.3, 0.4) is 0 Å². The molecule has 0 saturated heterocycles. The third-order valence-corrected chi connectivity index (χ3v) is 2.54. The summed E-state index contributed by atoms with van der Waals surface area (Å²) in [5.41, 5.74) is -0.458. The number of rotatable bonds is 3. The summed E-state index contributed by atoms with van der Waals surface area (Å²) in [6.07, 6.45) is 3.89. The Balaban J connectivity index is 2.56. The predicted octanol–water partition coefficient (Wildman–Crippen LogP) is 0.653. The molecule has 0 unspecified atom stereocenters. The molecule has 15 heavy (non-hydrogen) atoms. The highest BCUT2D eigenvalue weighted by Crippen LogP contribution is 2.51. The van der Waals surface area contributed by atoms with Gasteiger partial charge in [-0.3, -0.25) is 14.8 Å². The van der Waals surface area contributed by atoms with Gasteiger partial charge in [-0.25, -0.2) is 4.79 Å². The lowest BCUT2D eigenvalue weighted by molar-refractivity contribution is -0.385. The van der Waals surface area contributed by atoms with Crippen molar-refractivity contribution < 1.29 is 9.72 Å². The first-order valence-corrected chi connectivity index (χ1v) is 4.36. The van der Waals surface area contributed by atoms with Crippen LogP contribution in [-0.4, -0.2) is 20.8 Å². The molecule has 0 amide bonds. The van der Waals surface area contributed by atoms with E-state index in [0.717, 1.165) is 0 Å². The van der Waals surface area contributed by atoms with Crippen LogP contribution in [0.4, 0.5) is 5.69 Å². The standard InChI is InChI=1S/C8H8N4O3/c1-11-7(6(4-10-11)12(14)15)8(2-3-8)9-5-13/h4H,2-3H2,1H3. The minimum Gasteiger partial charge on any atom is -0.263 e. The minimum atomic E-state index is -0.755. The molecule has 1 aliphatic rings. The Morgan fingerprint density at radius 1 is 1.73 bits per heavy atom. The Labute approximate surface area is 84.6 Å². The van der Waals surface area contributed by atoms with E-state index < -0.39 is 10.5 Å². The lowest BCUT2D eigenvalue weighted by Crippen LogP contribution is -2.11. The van der Waals surface area contributed by atoms with Crippen molar-refractivity contribution in [2.24, 2.45) is 12.0 Å². The van der Waals surface area contributed by atoms with Gasteiger partial charge >= 0.3 is 5.69 Å². The first-order valence-electron chi connectivity index (χ1n) is 4.36. The maximum Gasteiger partial charge on any atom is 0.312 e. The minimum absolute atomic E-state index is 0.0889. The summed E-state index contributed by atoms with van der Waals surface area (Å²) in [6, 6.07) is 0. The van der Waals surface area contributed by atoms with Crippen LogP contribution >= 0.6 is 0 Å². The van der Waals surface area contributed by atoms with Crippen LogP contribution in [0.15, 0.2) is 11.2 Å². The van der Waals surface area contributed by atoms with Crippen LogP contribution in [0.25, 0.3) is 0 Å². The Morgan fingerprint density at radius 3 is 2.87 bits per heavy atom. The molecule has 0 N–H and O–H groups in total. The maximum absolute atomic E-state index is 10.7. The average molecular weight is 208 g/mol. The molecule has 7 nitrogen and oxygen atoms in total. The van der Waals surface area contributed by atoms with Gasteiger partial charge in [-0.2, -0.15) is 10.1 Å². The molecule has 0 spiro atoms. The van der Waals surface area contributed by atoms with Gasteiger partial charge in [0, 0.05) is 7.05 Å². The molecule has 1 saturated carbocycles. The summed E-state index contributed by atoms with van der Waals surface area (Å²) in [6.45, 7) is 0. The molecule has 0 aromatic carbocycles. The number of isocyanates is 1. The molecule has 78 valence electrons. The second-order valence-corrected chi connectivity index (χ2v) is 3.49. The quantitative estimate of drug-likeness (QED) is 0.315. The van der Waals surface area contributed by atoms with Gasteiger partial charge in [0.2, 0.25) is 6.08 Å². The number of aliphatic imine (C=N–C) groups is 1. The fraction of sp³-hybridized carbons (Fsp3) is 0.500. The summed E-state index contributed by atoms with van der Waals surface area (Å²) in [4.78, 5) is 24.1. The smallest absolute Gasteiger partial charge is 0.263 e. The van der Waals surface area contributed by atoms with Gasteiger partial charge in [-0.1, -0.05) is 0 Å². The number of hydrogen-bond acceptors (Lipinski definition) is 5. The second kappa shape index (κ2) is 2.99. The lowest BCUT2D eigenvalue weighted by atomic mass is 10.1. The molecular formula is C8H8N4O3. The molecule has 0 bridgehead atoms. The van der Waals surface area contributed by atoms with Crippen molar-refractivity contribution in [3.63, 3.8) is 0 Å². The lowest BCUT2D eigenvalue weighted by Gasteiger charge is -2.06. The fourth-order valence-electron chi connectivity index (χ4n) is 1.71. The van der Waals surface area contributed by atoms with Crippen LogP contribution in [0.2, 0.25) is 0 Å². The zero-order valence-corrected chi connectivity index (χ0v) is 8.01. The first kappa shape index (κ1) is 9.54. The topological polar surface area (TPSA) is 90.4 Å². The third-order valence-electron chi connectivity index (χ3n) is 2.54. The number of carbonyl (C=O) groups excluding carboxylic acids is 1. The van der Waals surface area contributed by atoms with E-state index in [1.165, 1.54) is 17.0 Å². The van der Waals surface area contributed by atoms with Gasteiger partial charge in [0.25, 0.3) is 0 Å². The van der Waals surface area contributed by atoms with Crippen molar-refractivity contribution >= 4 is 11.8 Å². The van der Waals surface area contributed by atoms with E-state index in [2.05, 4.69) is 10.1 Å². The van der Waals surface area contributed by atoms with E-state index in [4.69, 9.17) is 0 Å². The Morgan fingerprint density at radius 2 is 2.40 bits per heavy atom. The number of aromatic nitrogens is 2. The van der Waals surface area contributed by atoms with Gasteiger partial charge < -0.3 is 0 Å². The van der Waals surface area contributed by atoms with Crippen LogP contribution in [-0.2, 0) is 17.4 Å². The highest BCUT2D eigenvalue weighted by atomic mass is 16.6. The predicted molar refractivity (Wildman–Crippen MR) is 48.9 cm³/mol. The normalized spacial score (nSPS) is 16.9. The molecule has 7 heteroatoms. The van der Waals surface area contributed by atoms with E-state index in [1.54, 1.807) is 7.05 Å². The molecule has 2 rings (SSSR count). The summed E-state index contributed by atoms with van der Waals surface area (Å²) < 4.78 is 1.39. The van der Waals surface area contributed by atoms with E-state index in [9.17, 15) is 14.9 Å². The van der Waals surface area contributed by atoms with Crippen LogP contribution in [0.1, 0.15) is 18.5 Å². The second-order valence-electron chi connectivity index (χ2n) is 3.49. The Bertz CT molecular complexity index is 468. The van der Waals surface area contributed by atoms with Crippen molar-refractivity contribution in [2.75, 3.05) is 0 Å². The van der Waals surface area contributed by atoms with Gasteiger partial charge in [0.15, 0.2) is 0 Å². The molecule has 1 heterocycles. The van der Waals surface area contributed by atoms with Gasteiger partial charge in [-0.05, 0) is 12.8 Å². The van der Waals surface area contributed by atoms with Gasteiger partial charge in [-0.15, -0.1) is 0 Å². The molecule has 1 aromatic heterocycles. The SMILES string of the molecule is Cn1ncc([N+](=O)[O-])c1C1(N=C=O)CC1. The largest absolute Gasteiger partial charge is 0.312 e. The van der Waals surface area contributed by atoms with Crippen molar-refractivity contribution in [1.82, 2.24) is 9.78 Å². The van der Waals surface area contributed by atoms with E-state index in [1.807, 2.05) is 0 Å². The highest BCUT2D eigenvalue weighted by Gasteiger charge is 2.51. The van der Waals surface area contributed by atoms with Gasteiger partial charge in [0.1, 0.15) is 17.4 Å². The van der Waals surface area contributed by atoms with Crippen LogP contribution in [0, 0.1) is 10.1 Å². The molecule has 0 radical (unpaired) electrons. The Hall–Kier alpha value is -2.01. The number of nitro groups is 1. The molecule has 0 atom stereocenters. The van der Waals surface area contributed by atoms with Crippen molar-refractivity contribution in [3.8, 4) is 0 Å². The van der Waals surface area contributed by atoms with Gasteiger partial charge in [0.05, 0.1) is 4.92 Å². The first-order chi connectivity index (χ1) is 7.10. The summed E-state index contributed by atoms with van der Waals surface area (Å²) in [7, 11) is 1.60. The molecule has 1 fully saturated rings. The number of nitrogens with zero attached hydrogens (tertiary/aromatic N) is 4. The zero-order chi connectivity index (χ0) is 11.1. The molecule has 0 aliphatic heterocycles. The monoisotopic (exact) mass is 208 g/mol. The highest BCUT2D eigenvalue weighted by molar-refractivity contribution is 5.46. The zero-order valence-electron chi connectivity index (χ0n) is 8.01. The molecule has 1 aromatic rings. The van der Waals surface area contributed by atoms with E-state index in [-0.39, 0.29) is 5.69 Å². The number of hydrogen-bond donors (Lipinski definition) is 0. The molecular weight excluding hydrogens is 200 g/mol. The van der Waals surface area contributed by atoms with Crippen molar-refractivity contribution in [1.29, 1.82) is 0 Å². The summed E-state index contributed by atoms with van der Waals surface area (Å²) in [5.74, 6) is 0. The van der Waals surface area contributed by atoms with Crippen molar-refractivity contribution in [2.45, 2.75) is 18.4 Å². The van der Waals surface area contributed by atoms with E-state index in [0.29, 0.717) is 18.5 Å². The third kappa shape index (κ3) is 1.33. The summed E-state index contributed by atoms with van der Waals surface area (Å²) in [5, 5.41) is 14.5. The van der Waals surface area contributed by atoms with Crippen LogP contribution in [0.5, 0.6) is 0 Å². The average Bonchev–Trinajstić information content (AvgIpc) is 2.82. The molecule has 1 aliphatic carbocycles. The summed E-state index contributed by atoms with van der Waals surface area (Å²) >= 11 is 0. The van der Waals surface area contributed by atoms with Crippen LogP contribution < -0.4 is 0 Å². The number of aryl methyl sites for hydroxylation is 1. The Kier molecular flexibility index (Phi) is 1.90. The van der Waals surface area contributed by atoms with Crippen molar-refractivity contribution in [3.05, 3.63) is 22.0 Å². The maximum atomic E-state index is 10.7. The fourth-order valence-corrected chi connectivity index (χ4v) is 1.71. The van der Waals surface area contributed by atoms with E-state index >= 15 is 0 Å².